The topological polar surface area (TPSA) is 139 Å². The summed E-state index contributed by atoms with van der Waals surface area (Å²) in [6, 6.07) is 9.95. The summed E-state index contributed by atoms with van der Waals surface area (Å²) < 4.78 is 21.0. The van der Waals surface area contributed by atoms with E-state index in [4.69, 9.17) is 0 Å². The average molecular weight is 559 g/mol. The van der Waals surface area contributed by atoms with Crippen LogP contribution in [0.5, 0.6) is 0 Å². The van der Waals surface area contributed by atoms with Gasteiger partial charge in [0, 0.05) is 18.0 Å². The Morgan fingerprint density at radius 3 is 2.77 bits per heavy atom. The van der Waals surface area contributed by atoms with Gasteiger partial charge in [0.25, 0.3) is 11.8 Å². The number of carboxylic acid groups (broad SMARTS) is 1. The van der Waals surface area contributed by atoms with Crippen molar-refractivity contribution in [3.8, 4) is 0 Å². The van der Waals surface area contributed by atoms with Gasteiger partial charge in [0.15, 0.2) is 11.5 Å². The molecule has 6 rings (SSSR count). The van der Waals surface area contributed by atoms with Gasteiger partial charge in [0.05, 0.1) is 28.2 Å². The van der Waals surface area contributed by atoms with Crippen molar-refractivity contribution < 1.29 is 23.9 Å². The standard InChI is InChI=1S/C28H23FN6O4S/c1-13-16-6-7-21(18(16)5-4-17(13)28(38)39)33-27(37)23-10-22(32-25-20(29)12-31-35(23)25)26(36)30-11-15-3-8-24-19(9-15)14(2)34-40-24/h3-5,8-10,12,21H,6-7,11H2,1-2H3,(H,30,36)(H,33,37)(H,38,39)/t21-/m0/s1. The molecule has 0 spiro atoms. The molecule has 10 nitrogen and oxygen atoms in total. The fourth-order valence-electron chi connectivity index (χ4n) is 5.20. The average Bonchev–Trinajstić information content (AvgIpc) is 3.64. The van der Waals surface area contributed by atoms with Gasteiger partial charge in [-0.05, 0) is 78.7 Å². The van der Waals surface area contributed by atoms with E-state index in [9.17, 15) is 23.9 Å². The zero-order valence-electron chi connectivity index (χ0n) is 21.5. The number of aromatic nitrogens is 4. The zero-order valence-corrected chi connectivity index (χ0v) is 22.3. The molecule has 0 saturated heterocycles. The number of nitrogens with zero attached hydrogens (tertiary/aromatic N) is 4. The predicted octanol–water partition coefficient (Wildman–Crippen LogP) is 4.14. The highest BCUT2D eigenvalue weighted by Gasteiger charge is 2.29. The van der Waals surface area contributed by atoms with E-state index in [1.807, 2.05) is 25.1 Å². The number of rotatable bonds is 6. The summed E-state index contributed by atoms with van der Waals surface area (Å²) in [5.74, 6) is -2.90. The first-order valence-electron chi connectivity index (χ1n) is 12.5. The molecule has 0 radical (unpaired) electrons. The summed E-state index contributed by atoms with van der Waals surface area (Å²) in [6.45, 7) is 3.88. The normalized spacial score (nSPS) is 14.4. The number of carboxylic acids is 1. The van der Waals surface area contributed by atoms with E-state index in [2.05, 4.69) is 25.1 Å². The van der Waals surface area contributed by atoms with E-state index in [0.717, 1.165) is 43.2 Å². The fraction of sp³-hybridized carbons (Fsp3) is 0.214. The van der Waals surface area contributed by atoms with Crippen molar-refractivity contribution in [3.63, 3.8) is 0 Å². The van der Waals surface area contributed by atoms with E-state index in [-0.39, 0.29) is 35.2 Å². The lowest BCUT2D eigenvalue weighted by Crippen LogP contribution is -2.30. The number of carbonyl (C=O) groups is 3. The van der Waals surface area contributed by atoms with E-state index in [0.29, 0.717) is 18.4 Å². The Bertz CT molecular complexity index is 1860. The van der Waals surface area contributed by atoms with Gasteiger partial charge in [-0.15, -0.1) is 0 Å². The maximum atomic E-state index is 14.5. The monoisotopic (exact) mass is 558 g/mol. The van der Waals surface area contributed by atoms with Gasteiger partial charge < -0.3 is 15.7 Å². The summed E-state index contributed by atoms with van der Waals surface area (Å²) in [5, 5.41) is 20.1. The lowest BCUT2D eigenvalue weighted by molar-refractivity contribution is 0.0695. The van der Waals surface area contributed by atoms with Crippen molar-refractivity contribution in [2.45, 2.75) is 39.3 Å². The van der Waals surface area contributed by atoms with Crippen LogP contribution in [0.4, 0.5) is 4.39 Å². The molecule has 5 aromatic rings. The molecule has 3 N–H and O–H groups in total. The lowest BCUT2D eigenvalue weighted by atomic mass is 9.98. The van der Waals surface area contributed by atoms with E-state index < -0.39 is 23.6 Å². The van der Waals surface area contributed by atoms with Crippen LogP contribution >= 0.6 is 11.5 Å². The van der Waals surface area contributed by atoms with Gasteiger partial charge in [-0.1, -0.05) is 12.1 Å². The summed E-state index contributed by atoms with van der Waals surface area (Å²) in [7, 11) is 0. The van der Waals surface area contributed by atoms with Crippen LogP contribution in [0.15, 0.2) is 42.6 Å². The molecule has 12 heteroatoms. The first-order chi connectivity index (χ1) is 19.2. The number of halogens is 1. The van der Waals surface area contributed by atoms with Gasteiger partial charge in [0.2, 0.25) is 0 Å². The molecular formula is C28H23FN6O4S. The van der Waals surface area contributed by atoms with Gasteiger partial charge in [-0.2, -0.15) is 9.47 Å². The minimum Gasteiger partial charge on any atom is -0.478 e. The highest BCUT2D eigenvalue weighted by molar-refractivity contribution is 7.13. The van der Waals surface area contributed by atoms with Gasteiger partial charge >= 0.3 is 5.97 Å². The minimum absolute atomic E-state index is 0.0484. The first kappa shape index (κ1) is 25.6. The van der Waals surface area contributed by atoms with Gasteiger partial charge in [0.1, 0.15) is 11.4 Å². The zero-order chi connectivity index (χ0) is 28.1. The van der Waals surface area contributed by atoms with Crippen molar-refractivity contribution in [3.05, 3.63) is 93.3 Å². The van der Waals surface area contributed by atoms with Gasteiger partial charge in [-0.3, -0.25) is 9.59 Å². The number of nitrogens with one attached hydrogen (secondary N) is 2. The summed E-state index contributed by atoms with van der Waals surface area (Å²) in [6.07, 6.45) is 2.12. The smallest absolute Gasteiger partial charge is 0.335 e. The summed E-state index contributed by atoms with van der Waals surface area (Å²) >= 11 is 1.41. The first-order valence-corrected chi connectivity index (χ1v) is 13.3. The van der Waals surface area contributed by atoms with Crippen LogP contribution in [0, 0.1) is 19.7 Å². The summed E-state index contributed by atoms with van der Waals surface area (Å²) in [5.41, 5.74) is 3.98. The SMILES string of the molecule is Cc1c(C(=O)O)ccc2c1CC[C@@H]2NC(=O)c1cc(C(=O)NCc2ccc3snc(C)c3c2)nc2c(F)cnn12. The number of amides is 2. The largest absolute Gasteiger partial charge is 0.478 e. The molecule has 0 bridgehead atoms. The molecule has 1 aliphatic rings. The fourth-order valence-corrected chi connectivity index (χ4v) is 5.96. The Morgan fingerprint density at radius 1 is 1.15 bits per heavy atom. The number of fused-ring (bicyclic) bond motifs is 3. The molecule has 0 aliphatic heterocycles. The Balaban J connectivity index is 1.25. The molecule has 3 aromatic heterocycles. The number of hydrogen-bond acceptors (Lipinski definition) is 7. The van der Waals surface area contributed by atoms with Crippen molar-refractivity contribution >= 4 is 45.0 Å². The molecule has 2 aromatic carbocycles. The van der Waals surface area contributed by atoms with Crippen LogP contribution in [-0.2, 0) is 13.0 Å². The van der Waals surface area contributed by atoms with Gasteiger partial charge in [-0.25, -0.2) is 18.7 Å². The molecule has 202 valence electrons. The van der Waals surface area contributed by atoms with Crippen LogP contribution < -0.4 is 10.6 Å². The predicted molar refractivity (Wildman–Crippen MR) is 145 cm³/mol. The third-order valence-corrected chi connectivity index (χ3v) is 8.21. The van der Waals surface area contributed by atoms with Crippen LogP contribution in [0.1, 0.15) is 71.7 Å². The second-order valence-electron chi connectivity index (χ2n) is 9.71. The Labute approximate surface area is 231 Å². The Hall–Kier alpha value is -4.71. The van der Waals surface area contributed by atoms with Crippen molar-refractivity contribution in [2.24, 2.45) is 0 Å². The van der Waals surface area contributed by atoms with E-state index >= 15 is 0 Å². The van der Waals surface area contributed by atoms with E-state index in [1.54, 1.807) is 13.0 Å². The van der Waals surface area contributed by atoms with Crippen molar-refractivity contribution in [1.82, 2.24) is 29.6 Å². The highest BCUT2D eigenvalue weighted by Crippen LogP contribution is 2.35. The number of benzene rings is 2. The maximum Gasteiger partial charge on any atom is 0.335 e. The molecule has 3 heterocycles. The molecule has 40 heavy (non-hydrogen) atoms. The molecule has 0 fully saturated rings. The quantitative estimate of drug-likeness (QED) is 0.285. The third-order valence-electron chi connectivity index (χ3n) is 7.29. The molecule has 1 atom stereocenters. The number of carbonyl (C=O) groups excluding carboxylic acids is 2. The molecule has 0 saturated carbocycles. The Kier molecular flexibility index (Phi) is 6.26. The number of hydrogen-bond donors (Lipinski definition) is 3. The second-order valence-corrected chi connectivity index (χ2v) is 10.5. The summed E-state index contributed by atoms with van der Waals surface area (Å²) in [4.78, 5) is 42.1. The molecule has 0 unspecified atom stereocenters. The number of aromatic carboxylic acids is 1. The minimum atomic E-state index is -1.00. The van der Waals surface area contributed by atoms with Crippen LogP contribution in [-0.4, -0.2) is 41.9 Å². The van der Waals surface area contributed by atoms with Crippen molar-refractivity contribution in [2.75, 3.05) is 0 Å². The number of aryl methyl sites for hydroxylation is 1. The van der Waals surface area contributed by atoms with Crippen LogP contribution in [0.2, 0.25) is 0 Å². The second kappa shape index (κ2) is 9.79. The Morgan fingerprint density at radius 2 is 1.98 bits per heavy atom. The molecule has 1 aliphatic carbocycles. The van der Waals surface area contributed by atoms with Crippen molar-refractivity contribution in [1.29, 1.82) is 0 Å². The molecule has 2 amide bonds. The van der Waals surface area contributed by atoms with Crippen LogP contribution in [0.25, 0.3) is 15.7 Å². The lowest BCUT2D eigenvalue weighted by Gasteiger charge is -2.16. The molecular weight excluding hydrogens is 535 g/mol. The van der Waals surface area contributed by atoms with Crippen LogP contribution in [0.3, 0.4) is 0 Å². The third kappa shape index (κ3) is 4.35. The maximum absolute atomic E-state index is 14.5. The van der Waals surface area contributed by atoms with E-state index in [1.165, 1.54) is 23.7 Å². The highest BCUT2D eigenvalue weighted by atomic mass is 32.1.